The first-order valence-corrected chi connectivity index (χ1v) is 9.20. The number of rotatable bonds is 3. The van der Waals surface area contributed by atoms with Gasteiger partial charge in [-0.3, -0.25) is 4.99 Å². The summed E-state index contributed by atoms with van der Waals surface area (Å²) in [6.07, 6.45) is -0.0412. The number of hydrogen-bond donors (Lipinski definition) is 1. The van der Waals surface area contributed by atoms with E-state index in [1.165, 1.54) is 17.0 Å². The van der Waals surface area contributed by atoms with Crippen molar-refractivity contribution in [2.45, 2.75) is 32.6 Å². The highest BCUT2D eigenvalue weighted by Crippen LogP contribution is 2.25. The van der Waals surface area contributed by atoms with Crippen LogP contribution in [-0.2, 0) is 11.3 Å². The van der Waals surface area contributed by atoms with E-state index >= 15 is 0 Å². The van der Waals surface area contributed by atoms with Gasteiger partial charge in [0.15, 0.2) is 5.96 Å². The molecule has 0 radical (unpaired) electrons. The Kier molecular flexibility index (Phi) is 5.65. The summed E-state index contributed by atoms with van der Waals surface area (Å²) in [7, 11) is 1.79. The first kappa shape index (κ1) is 17.8. The third-order valence-electron chi connectivity index (χ3n) is 4.27. The smallest absolute Gasteiger partial charge is 0.194 e. The highest BCUT2D eigenvalue weighted by Gasteiger charge is 2.28. The second-order valence-electron chi connectivity index (χ2n) is 6.15. The van der Waals surface area contributed by atoms with E-state index in [0.717, 1.165) is 23.8 Å². The molecule has 0 bridgehead atoms. The normalized spacial score (nSPS) is 21.4. The summed E-state index contributed by atoms with van der Waals surface area (Å²) in [5.74, 6) is 0.608. The van der Waals surface area contributed by atoms with Gasteiger partial charge in [0.25, 0.3) is 0 Å². The number of benzene rings is 1. The van der Waals surface area contributed by atoms with E-state index < -0.39 is 0 Å². The number of nitrogens with one attached hydrogen (secondary N) is 1. The molecule has 1 aliphatic rings. The van der Waals surface area contributed by atoms with Gasteiger partial charge < -0.3 is 15.0 Å². The van der Waals surface area contributed by atoms with Gasteiger partial charge in [0.1, 0.15) is 11.9 Å². The second kappa shape index (κ2) is 7.93. The van der Waals surface area contributed by atoms with Crippen LogP contribution < -0.4 is 5.32 Å². The summed E-state index contributed by atoms with van der Waals surface area (Å²) >= 11 is 1.64. The van der Waals surface area contributed by atoms with E-state index in [9.17, 15) is 4.39 Å². The Morgan fingerprint density at radius 3 is 2.80 bits per heavy atom. The van der Waals surface area contributed by atoms with Crippen LogP contribution >= 0.6 is 11.3 Å². The van der Waals surface area contributed by atoms with Gasteiger partial charge in [-0.1, -0.05) is 12.1 Å². The average molecular weight is 362 g/mol. The molecular weight excluding hydrogens is 339 g/mol. The van der Waals surface area contributed by atoms with Crippen molar-refractivity contribution in [1.29, 1.82) is 0 Å². The molecule has 1 fully saturated rings. The lowest BCUT2D eigenvalue weighted by molar-refractivity contribution is -0.0605. The van der Waals surface area contributed by atoms with E-state index in [2.05, 4.69) is 20.2 Å². The topological polar surface area (TPSA) is 49.8 Å². The Hall–Kier alpha value is -1.99. The number of nitrogens with zero attached hydrogens (tertiary/aromatic N) is 3. The number of morpholine rings is 1. The van der Waals surface area contributed by atoms with Gasteiger partial charge >= 0.3 is 0 Å². The molecule has 1 aromatic heterocycles. The van der Waals surface area contributed by atoms with Gasteiger partial charge in [0.05, 0.1) is 30.4 Å². The molecule has 5 nitrogen and oxygen atoms in total. The van der Waals surface area contributed by atoms with Crippen LogP contribution in [0.5, 0.6) is 0 Å². The fraction of sp³-hybridized carbons (Fsp3) is 0.444. The summed E-state index contributed by atoms with van der Waals surface area (Å²) in [4.78, 5) is 12.1. The van der Waals surface area contributed by atoms with E-state index in [1.54, 1.807) is 30.5 Å². The van der Waals surface area contributed by atoms with Crippen LogP contribution in [0, 0.1) is 12.7 Å². The highest BCUT2D eigenvalue weighted by atomic mass is 32.1. The van der Waals surface area contributed by atoms with Gasteiger partial charge in [0.2, 0.25) is 0 Å². The Bertz CT molecular complexity index is 731. The summed E-state index contributed by atoms with van der Waals surface area (Å²) in [5, 5.41) is 3.41. The summed E-state index contributed by atoms with van der Waals surface area (Å²) in [5.41, 5.74) is 3.88. The number of hydrogen-bond acceptors (Lipinski definition) is 4. The summed E-state index contributed by atoms with van der Waals surface area (Å²) in [6.45, 7) is 6.20. The Balaban J connectivity index is 1.68. The van der Waals surface area contributed by atoms with Crippen molar-refractivity contribution in [2.75, 3.05) is 20.1 Å². The van der Waals surface area contributed by atoms with Crippen molar-refractivity contribution in [3.8, 4) is 0 Å². The molecule has 2 heterocycles. The number of ether oxygens (including phenoxy) is 1. The lowest BCUT2D eigenvalue weighted by atomic mass is 10.1. The number of guanidine groups is 1. The van der Waals surface area contributed by atoms with Gasteiger partial charge in [-0.15, -0.1) is 11.3 Å². The molecule has 0 saturated carbocycles. The molecule has 2 unspecified atom stereocenters. The van der Waals surface area contributed by atoms with Crippen LogP contribution in [0.1, 0.15) is 29.2 Å². The fourth-order valence-corrected chi connectivity index (χ4v) is 3.69. The Morgan fingerprint density at radius 2 is 2.16 bits per heavy atom. The lowest BCUT2D eigenvalue weighted by Crippen LogP contribution is -2.50. The molecule has 0 amide bonds. The minimum Gasteiger partial charge on any atom is -0.367 e. The molecule has 134 valence electrons. The van der Waals surface area contributed by atoms with Crippen molar-refractivity contribution in [1.82, 2.24) is 15.2 Å². The molecule has 7 heteroatoms. The molecule has 3 rings (SSSR count). The predicted octanol–water partition coefficient (Wildman–Crippen LogP) is 3.13. The van der Waals surface area contributed by atoms with Gasteiger partial charge in [-0.25, -0.2) is 9.37 Å². The van der Waals surface area contributed by atoms with Crippen molar-refractivity contribution >= 4 is 17.3 Å². The molecule has 0 aliphatic carbocycles. The van der Waals surface area contributed by atoms with Gasteiger partial charge in [-0.05, 0) is 31.5 Å². The number of halogens is 1. The zero-order chi connectivity index (χ0) is 17.8. The van der Waals surface area contributed by atoms with Crippen LogP contribution in [0.3, 0.4) is 0 Å². The molecule has 25 heavy (non-hydrogen) atoms. The molecule has 2 atom stereocenters. The van der Waals surface area contributed by atoms with E-state index in [0.29, 0.717) is 13.1 Å². The first-order valence-electron chi connectivity index (χ1n) is 8.32. The number of aliphatic imine (C=N–C) groups is 1. The Morgan fingerprint density at radius 1 is 1.40 bits per heavy atom. The molecule has 1 saturated heterocycles. The average Bonchev–Trinajstić information content (AvgIpc) is 3.01. The molecule has 1 aliphatic heterocycles. The lowest BCUT2D eigenvalue weighted by Gasteiger charge is -2.38. The van der Waals surface area contributed by atoms with Crippen molar-refractivity contribution < 1.29 is 9.13 Å². The van der Waals surface area contributed by atoms with Gasteiger partial charge in [-0.2, -0.15) is 0 Å². The zero-order valence-electron chi connectivity index (χ0n) is 14.7. The largest absolute Gasteiger partial charge is 0.367 e. The van der Waals surface area contributed by atoms with E-state index in [-0.39, 0.29) is 18.0 Å². The standard InChI is InChI=1S/C18H23FN4OS/c1-12-9-23(10-16(24-12)14-4-6-15(19)7-5-14)18(20-3)21-8-17-13(2)22-11-25-17/h4-7,11-12,16H,8-10H2,1-3H3,(H,20,21). The maximum Gasteiger partial charge on any atom is 0.194 e. The predicted molar refractivity (Wildman–Crippen MR) is 98.3 cm³/mol. The summed E-state index contributed by atoms with van der Waals surface area (Å²) < 4.78 is 19.2. The Labute approximate surface area is 151 Å². The molecule has 0 spiro atoms. The molecule has 1 N–H and O–H groups in total. The maximum atomic E-state index is 13.2. The number of thiazole rings is 1. The van der Waals surface area contributed by atoms with E-state index in [1.807, 2.05) is 19.4 Å². The van der Waals surface area contributed by atoms with Crippen molar-refractivity contribution in [3.05, 3.63) is 51.7 Å². The van der Waals surface area contributed by atoms with E-state index in [4.69, 9.17) is 4.74 Å². The first-order chi connectivity index (χ1) is 12.1. The monoisotopic (exact) mass is 362 g/mol. The third-order valence-corrected chi connectivity index (χ3v) is 5.20. The minimum atomic E-state index is -0.234. The summed E-state index contributed by atoms with van der Waals surface area (Å²) in [6, 6.07) is 6.52. The van der Waals surface area contributed by atoms with Crippen LogP contribution in [0.4, 0.5) is 4.39 Å². The van der Waals surface area contributed by atoms with Crippen LogP contribution in [-0.4, -0.2) is 42.1 Å². The number of aryl methyl sites for hydroxylation is 1. The number of aromatic nitrogens is 1. The van der Waals surface area contributed by atoms with Crippen LogP contribution in [0.15, 0.2) is 34.8 Å². The third kappa shape index (κ3) is 4.35. The van der Waals surface area contributed by atoms with Crippen LogP contribution in [0.2, 0.25) is 0 Å². The SMILES string of the molecule is CN=C(NCc1scnc1C)N1CC(C)OC(c2ccc(F)cc2)C1. The zero-order valence-corrected chi connectivity index (χ0v) is 15.5. The van der Waals surface area contributed by atoms with Gasteiger partial charge in [0, 0.05) is 18.5 Å². The molecular formula is C18H23FN4OS. The van der Waals surface area contributed by atoms with Crippen molar-refractivity contribution in [3.63, 3.8) is 0 Å². The highest BCUT2D eigenvalue weighted by molar-refractivity contribution is 7.09. The quantitative estimate of drug-likeness (QED) is 0.673. The maximum absolute atomic E-state index is 13.2. The molecule has 1 aromatic carbocycles. The molecule has 2 aromatic rings. The fourth-order valence-electron chi connectivity index (χ4n) is 2.97. The minimum absolute atomic E-state index is 0.0625. The van der Waals surface area contributed by atoms with Crippen molar-refractivity contribution in [2.24, 2.45) is 4.99 Å². The second-order valence-corrected chi connectivity index (χ2v) is 7.09. The van der Waals surface area contributed by atoms with Crippen LogP contribution in [0.25, 0.3) is 0 Å².